The molecule has 0 aromatic carbocycles. The lowest BCUT2D eigenvalue weighted by Crippen LogP contribution is -2.26. The van der Waals surface area contributed by atoms with Crippen molar-refractivity contribution in [3.63, 3.8) is 0 Å². The van der Waals surface area contributed by atoms with Crippen LogP contribution in [-0.4, -0.2) is 12.7 Å². The van der Waals surface area contributed by atoms with Crippen molar-refractivity contribution < 1.29 is 4.74 Å². The molecule has 0 amide bonds. The molecule has 0 saturated heterocycles. The van der Waals surface area contributed by atoms with Crippen LogP contribution in [0.3, 0.4) is 0 Å². The van der Waals surface area contributed by atoms with Crippen molar-refractivity contribution in [3.05, 3.63) is 24.3 Å². The van der Waals surface area contributed by atoms with Crippen LogP contribution in [0.1, 0.15) is 117 Å². The first-order valence-corrected chi connectivity index (χ1v) is 14.7. The predicted molar refractivity (Wildman–Crippen MR) is 138 cm³/mol. The van der Waals surface area contributed by atoms with Gasteiger partial charge in [0.2, 0.25) is 0 Å². The smallest absolute Gasteiger partial charge is 0.0756 e. The Bertz CT molecular complexity index is 567. The maximum Gasteiger partial charge on any atom is 0.0756 e. The fourth-order valence-corrected chi connectivity index (χ4v) is 7.26. The molecule has 0 N–H and O–H groups in total. The number of hydrogen-bond donors (Lipinski definition) is 0. The van der Waals surface area contributed by atoms with Gasteiger partial charge in [-0.1, -0.05) is 76.7 Å². The molecule has 4 aliphatic rings. The number of hydrogen-bond acceptors (Lipinski definition) is 1. The summed E-state index contributed by atoms with van der Waals surface area (Å²) in [5.74, 6) is 6.30. The molecule has 2 atom stereocenters. The zero-order valence-electron chi connectivity index (χ0n) is 21.4. The van der Waals surface area contributed by atoms with E-state index in [1.807, 2.05) is 0 Å². The Morgan fingerprint density at radius 3 is 1.91 bits per heavy atom. The molecule has 3 fully saturated rings. The molecule has 4 rings (SSSR count). The van der Waals surface area contributed by atoms with Gasteiger partial charge in [-0.05, 0) is 106 Å². The average Bonchev–Trinajstić information content (AvgIpc) is 2.84. The van der Waals surface area contributed by atoms with Crippen molar-refractivity contribution in [1.29, 1.82) is 0 Å². The van der Waals surface area contributed by atoms with Crippen LogP contribution >= 0.6 is 0 Å². The molecule has 0 aliphatic heterocycles. The first kappa shape index (κ1) is 24.6. The van der Waals surface area contributed by atoms with Gasteiger partial charge in [0.25, 0.3) is 0 Å². The maximum absolute atomic E-state index is 6.37. The minimum absolute atomic E-state index is 0.400. The highest BCUT2D eigenvalue weighted by Gasteiger charge is 2.29. The molecule has 1 heteroatoms. The summed E-state index contributed by atoms with van der Waals surface area (Å²) in [5.41, 5.74) is 0. The first-order valence-electron chi connectivity index (χ1n) is 14.7. The summed E-state index contributed by atoms with van der Waals surface area (Å²) < 4.78 is 6.37. The normalized spacial score (nSPS) is 41.2. The van der Waals surface area contributed by atoms with E-state index in [9.17, 15) is 0 Å². The van der Waals surface area contributed by atoms with Gasteiger partial charge < -0.3 is 4.74 Å². The molecule has 0 aromatic heterocycles. The topological polar surface area (TPSA) is 9.23 Å². The van der Waals surface area contributed by atoms with Crippen molar-refractivity contribution in [1.82, 2.24) is 0 Å². The lowest BCUT2D eigenvalue weighted by atomic mass is 9.72. The van der Waals surface area contributed by atoms with E-state index in [0.29, 0.717) is 6.10 Å². The third kappa shape index (κ3) is 7.48. The van der Waals surface area contributed by atoms with Crippen LogP contribution in [0, 0.1) is 41.4 Å². The minimum Gasteiger partial charge on any atom is -0.374 e. The van der Waals surface area contributed by atoms with Gasteiger partial charge in [-0.25, -0.2) is 0 Å². The van der Waals surface area contributed by atoms with Gasteiger partial charge in [0, 0.05) is 0 Å². The molecular formula is C31H52O. The molecule has 2 unspecified atom stereocenters. The number of ether oxygens (including phenoxy) is 1. The zero-order valence-corrected chi connectivity index (χ0v) is 21.4. The molecule has 182 valence electrons. The largest absolute Gasteiger partial charge is 0.374 e. The van der Waals surface area contributed by atoms with Gasteiger partial charge in [-0.15, -0.1) is 0 Å². The Hall–Kier alpha value is -0.560. The second-order valence-electron chi connectivity index (χ2n) is 12.3. The van der Waals surface area contributed by atoms with Gasteiger partial charge in [-0.2, -0.15) is 0 Å². The molecular weight excluding hydrogens is 388 g/mol. The summed E-state index contributed by atoms with van der Waals surface area (Å²) >= 11 is 0. The van der Waals surface area contributed by atoms with Crippen molar-refractivity contribution in [2.75, 3.05) is 6.61 Å². The van der Waals surface area contributed by atoms with E-state index in [-0.39, 0.29) is 0 Å². The predicted octanol–water partition coefficient (Wildman–Crippen LogP) is 9.13. The number of allylic oxidation sites excluding steroid dienone is 3. The quantitative estimate of drug-likeness (QED) is 0.342. The number of rotatable bonds is 8. The zero-order chi connectivity index (χ0) is 22.2. The molecule has 3 saturated carbocycles. The summed E-state index contributed by atoms with van der Waals surface area (Å²) in [5, 5.41) is 0. The Balaban J connectivity index is 1.11. The van der Waals surface area contributed by atoms with E-state index in [0.717, 1.165) is 48.0 Å². The van der Waals surface area contributed by atoms with Crippen molar-refractivity contribution >= 4 is 0 Å². The Labute approximate surface area is 199 Å². The molecule has 1 nitrogen and oxygen atoms in total. The molecule has 0 radical (unpaired) electrons. The van der Waals surface area contributed by atoms with Crippen LogP contribution in [-0.2, 0) is 4.74 Å². The van der Waals surface area contributed by atoms with Crippen LogP contribution in [0.25, 0.3) is 0 Å². The lowest BCUT2D eigenvalue weighted by molar-refractivity contribution is 0.0289. The molecule has 0 aromatic rings. The summed E-state index contributed by atoms with van der Waals surface area (Å²) in [4.78, 5) is 0. The highest BCUT2D eigenvalue weighted by molar-refractivity contribution is 5.03. The molecule has 0 heterocycles. The monoisotopic (exact) mass is 440 g/mol. The van der Waals surface area contributed by atoms with Crippen LogP contribution in [0.5, 0.6) is 0 Å². The average molecular weight is 441 g/mol. The molecule has 0 spiro atoms. The van der Waals surface area contributed by atoms with E-state index in [2.05, 4.69) is 38.2 Å². The van der Waals surface area contributed by atoms with E-state index >= 15 is 0 Å². The van der Waals surface area contributed by atoms with Gasteiger partial charge in [0.1, 0.15) is 0 Å². The van der Waals surface area contributed by atoms with Gasteiger partial charge >= 0.3 is 0 Å². The van der Waals surface area contributed by atoms with Crippen LogP contribution in [0.4, 0.5) is 0 Å². The van der Waals surface area contributed by atoms with E-state index in [1.165, 1.54) is 103 Å². The summed E-state index contributed by atoms with van der Waals surface area (Å²) in [7, 11) is 0. The standard InChI is InChI=1S/C31H52O/c1-3-4-25-11-13-28(14-12-25)23-32-31-21-19-30(20-22-31)29-17-15-27(16-18-29)10-9-26-7-5-24(2)6-8-26/h9-10,19,21,24-31H,3-8,11-18,20,22-23H2,1-2H3/b10-9+. The van der Waals surface area contributed by atoms with Crippen molar-refractivity contribution in [3.8, 4) is 0 Å². The van der Waals surface area contributed by atoms with E-state index in [1.54, 1.807) is 0 Å². The fourth-order valence-electron chi connectivity index (χ4n) is 7.26. The Morgan fingerprint density at radius 2 is 1.31 bits per heavy atom. The summed E-state index contributed by atoms with van der Waals surface area (Å²) in [6, 6.07) is 0. The Kier molecular flexibility index (Phi) is 9.81. The second-order valence-corrected chi connectivity index (χ2v) is 12.3. The third-order valence-corrected chi connectivity index (χ3v) is 9.70. The SMILES string of the molecule is CCCC1CCC(COC2C=CC(C3CCC(/C=C/C4CCC(C)CC4)CC3)CC2)CC1. The Morgan fingerprint density at radius 1 is 0.688 bits per heavy atom. The van der Waals surface area contributed by atoms with Crippen LogP contribution in [0.2, 0.25) is 0 Å². The van der Waals surface area contributed by atoms with Crippen LogP contribution < -0.4 is 0 Å². The highest BCUT2D eigenvalue weighted by atomic mass is 16.5. The van der Waals surface area contributed by atoms with Gasteiger partial charge in [-0.3, -0.25) is 0 Å². The third-order valence-electron chi connectivity index (χ3n) is 9.70. The maximum atomic E-state index is 6.37. The molecule has 4 aliphatic carbocycles. The van der Waals surface area contributed by atoms with Gasteiger partial charge in [0.05, 0.1) is 12.7 Å². The second kappa shape index (κ2) is 12.8. The lowest BCUT2D eigenvalue weighted by Gasteiger charge is -2.35. The van der Waals surface area contributed by atoms with E-state index < -0.39 is 0 Å². The van der Waals surface area contributed by atoms with E-state index in [4.69, 9.17) is 4.74 Å². The minimum atomic E-state index is 0.400. The molecule has 0 bridgehead atoms. The highest BCUT2D eigenvalue weighted by Crippen LogP contribution is 2.39. The van der Waals surface area contributed by atoms with Crippen LogP contribution in [0.15, 0.2) is 24.3 Å². The van der Waals surface area contributed by atoms with Crippen molar-refractivity contribution in [2.24, 2.45) is 41.4 Å². The molecule has 32 heavy (non-hydrogen) atoms. The summed E-state index contributed by atoms with van der Waals surface area (Å²) in [6.45, 7) is 5.77. The van der Waals surface area contributed by atoms with Crippen molar-refractivity contribution in [2.45, 2.75) is 123 Å². The fraction of sp³-hybridized carbons (Fsp3) is 0.871. The summed E-state index contributed by atoms with van der Waals surface area (Å²) in [6.07, 6.45) is 33.2. The van der Waals surface area contributed by atoms with Gasteiger partial charge in [0.15, 0.2) is 0 Å². The first-order chi connectivity index (χ1) is 15.7.